The monoisotopic (exact) mass is 406 g/mol. The molecular formula is C21H23ClO6. The number of hydrogen-bond acceptors (Lipinski definition) is 6. The van der Waals surface area contributed by atoms with E-state index in [9.17, 15) is 9.59 Å². The number of ether oxygens (including phenoxy) is 4. The minimum Gasteiger partial charge on any atom is -0.496 e. The second-order valence-electron chi connectivity index (χ2n) is 6.83. The van der Waals surface area contributed by atoms with Crippen molar-refractivity contribution in [2.45, 2.75) is 31.8 Å². The smallest absolute Gasteiger partial charge is 0.231 e. The molecule has 2 atom stereocenters. The van der Waals surface area contributed by atoms with Gasteiger partial charge in [0.2, 0.25) is 11.4 Å². The summed E-state index contributed by atoms with van der Waals surface area (Å²) in [7, 11) is 2.92. The first kappa shape index (κ1) is 20.3. The van der Waals surface area contributed by atoms with Gasteiger partial charge in [-0.1, -0.05) is 24.6 Å². The summed E-state index contributed by atoms with van der Waals surface area (Å²) >= 11 is 6.42. The van der Waals surface area contributed by atoms with Crippen molar-refractivity contribution in [3.8, 4) is 17.2 Å². The predicted octanol–water partition coefficient (Wildman–Crippen LogP) is 4.15. The van der Waals surface area contributed by atoms with E-state index in [4.69, 9.17) is 30.5 Å². The highest BCUT2D eigenvalue weighted by Gasteiger charge is 2.60. The van der Waals surface area contributed by atoms with Crippen LogP contribution < -0.4 is 14.2 Å². The van der Waals surface area contributed by atoms with E-state index in [0.717, 1.165) is 6.42 Å². The summed E-state index contributed by atoms with van der Waals surface area (Å²) in [5, 5.41) is 0.179. The van der Waals surface area contributed by atoms with Crippen LogP contribution in [0, 0.1) is 5.92 Å². The summed E-state index contributed by atoms with van der Waals surface area (Å²) in [6.45, 7) is 5.81. The summed E-state index contributed by atoms with van der Waals surface area (Å²) in [6, 6.07) is 1.55. The second kappa shape index (κ2) is 7.87. The molecule has 0 unspecified atom stereocenters. The van der Waals surface area contributed by atoms with E-state index in [2.05, 4.69) is 6.58 Å². The van der Waals surface area contributed by atoms with Crippen LogP contribution in [-0.4, -0.2) is 38.0 Å². The van der Waals surface area contributed by atoms with Crippen molar-refractivity contribution in [1.82, 2.24) is 0 Å². The summed E-state index contributed by atoms with van der Waals surface area (Å²) < 4.78 is 22.7. The summed E-state index contributed by atoms with van der Waals surface area (Å²) in [6.07, 6.45) is 4.77. The van der Waals surface area contributed by atoms with E-state index < -0.39 is 11.5 Å². The predicted molar refractivity (Wildman–Crippen MR) is 104 cm³/mol. The Balaban J connectivity index is 2.09. The van der Waals surface area contributed by atoms with Crippen LogP contribution in [-0.2, 0) is 9.53 Å². The summed E-state index contributed by atoms with van der Waals surface area (Å²) in [5.41, 5.74) is -1.22. The number of Topliss-reactive ketones (excluding diaryl/α,β-unsaturated/α-hetero) is 1. The number of unbranched alkanes of at least 4 members (excludes halogenated alkanes) is 1. The Hall–Kier alpha value is -2.47. The minimum atomic E-state index is -1.45. The van der Waals surface area contributed by atoms with Crippen LogP contribution in [0.25, 0.3) is 0 Å². The number of ketones is 2. The van der Waals surface area contributed by atoms with Gasteiger partial charge in [0.15, 0.2) is 17.3 Å². The highest BCUT2D eigenvalue weighted by molar-refractivity contribution is 6.35. The number of carbonyl (C=O) groups excluding carboxylic acids is 2. The molecule has 1 aliphatic heterocycles. The Kier molecular flexibility index (Phi) is 5.70. The number of halogens is 1. The van der Waals surface area contributed by atoms with Gasteiger partial charge < -0.3 is 18.9 Å². The van der Waals surface area contributed by atoms with Gasteiger partial charge in [0, 0.05) is 24.5 Å². The topological polar surface area (TPSA) is 71.1 Å². The first-order chi connectivity index (χ1) is 13.4. The van der Waals surface area contributed by atoms with Crippen molar-refractivity contribution in [3.05, 3.63) is 41.1 Å². The first-order valence-electron chi connectivity index (χ1n) is 9.07. The van der Waals surface area contributed by atoms with Gasteiger partial charge >= 0.3 is 0 Å². The van der Waals surface area contributed by atoms with Gasteiger partial charge in [-0.3, -0.25) is 9.59 Å². The number of fused-ring (bicyclic) bond motifs is 1. The average molecular weight is 407 g/mol. The van der Waals surface area contributed by atoms with Crippen LogP contribution in [0.1, 0.15) is 36.5 Å². The minimum absolute atomic E-state index is 0.111. The average Bonchev–Trinajstić information content (AvgIpc) is 2.98. The number of hydrogen-bond donors (Lipinski definition) is 0. The lowest BCUT2D eigenvalue weighted by atomic mass is 9.75. The van der Waals surface area contributed by atoms with Crippen molar-refractivity contribution in [2.75, 3.05) is 20.8 Å². The standard InChI is InChI=1S/C21H23ClO6/c1-5-6-7-8-27-16-10-13(23)9-12(2)21(16)20(24)17-14(25-3)11-15(26-4)18(22)19(17)28-21/h5,10-12H,1,6-9H2,2-4H3/t12-,21+/m1/s1. The first-order valence-corrected chi connectivity index (χ1v) is 9.45. The quantitative estimate of drug-likeness (QED) is 0.500. The normalized spacial score (nSPS) is 23.1. The van der Waals surface area contributed by atoms with E-state index in [-0.39, 0.29) is 40.1 Å². The van der Waals surface area contributed by atoms with Gasteiger partial charge in [0.1, 0.15) is 22.1 Å². The number of methoxy groups -OCH3 is 2. The van der Waals surface area contributed by atoms with E-state index in [1.165, 1.54) is 20.3 Å². The third-order valence-electron chi connectivity index (χ3n) is 5.09. The van der Waals surface area contributed by atoms with Gasteiger partial charge in [-0.25, -0.2) is 0 Å². The molecule has 1 aliphatic carbocycles. The molecule has 1 spiro atoms. The molecule has 0 saturated carbocycles. The van der Waals surface area contributed by atoms with Crippen molar-refractivity contribution in [2.24, 2.45) is 5.92 Å². The molecule has 0 N–H and O–H groups in total. The molecule has 28 heavy (non-hydrogen) atoms. The van der Waals surface area contributed by atoms with E-state index >= 15 is 0 Å². The Morgan fingerprint density at radius 2 is 2.04 bits per heavy atom. The van der Waals surface area contributed by atoms with E-state index in [1.807, 2.05) is 0 Å². The van der Waals surface area contributed by atoms with E-state index in [0.29, 0.717) is 24.5 Å². The van der Waals surface area contributed by atoms with Gasteiger partial charge in [-0.05, 0) is 12.8 Å². The fourth-order valence-electron chi connectivity index (χ4n) is 3.65. The Bertz CT molecular complexity index is 859. The molecule has 0 amide bonds. The molecule has 150 valence electrons. The maximum absolute atomic E-state index is 13.6. The van der Waals surface area contributed by atoms with Crippen molar-refractivity contribution < 1.29 is 28.5 Å². The molecule has 0 saturated heterocycles. The van der Waals surface area contributed by atoms with Gasteiger partial charge in [-0.15, -0.1) is 6.58 Å². The molecule has 0 bridgehead atoms. The molecular weight excluding hydrogens is 384 g/mol. The number of allylic oxidation sites excluding steroid dienone is 2. The molecule has 2 aliphatic rings. The van der Waals surface area contributed by atoms with E-state index in [1.54, 1.807) is 19.1 Å². The van der Waals surface area contributed by atoms with Crippen molar-refractivity contribution in [3.63, 3.8) is 0 Å². The lowest BCUT2D eigenvalue weighted by Crippen LogP contribution is -2.51. The van der Waals surface area contributed by atoms with Crippen LogP contribution in [0.4, 0.5) is 0 Å². The Morgan fingerprint density at radius 3 is 2.68 bits per heavy atom. The third kappa shape index (κ3) is 3.05. The third-order valence-corrected chi connectivity index (χ3v) is 5.45. The molecule has 3 rings (SSSR count). The lowest BCUT2D eigenvalue weighted by molar-refractivity contribution is -0.118. The van der Waals surface area contributed by atoms with Gasteiger partial charge in [0.05, 0.1) is 20.8 Å². The molecule has 1 aromatic carbocycles. The van der Waals surface area contributed by atoms with Gasteiger partial charge in [-0.2, -0.15) is 0 Å². The van der Waals surface area contributed by atoms with Crippen LogP contribution in [0.5, 0.6) is 17.2 Å². The molecule has 0 aromatic heterocycles. The highest BCUT2D eigenvalue weighted by Crippen LogP contribution is 2.54. The fourth-order valence-corrected chi connectivity index (χ4v) is 3.91. The zero-order valence-corrected chi connectivity index (χ0v) is 16.9. The number of benzene rings is 1. The largest absolute Gasteiger partial charge is 0.496 e. The maximum atomic E-state index is 13.6. The zero-order chi connectivity index (χ0) is 20.5. The molecule has 7 heteroatoms. The van der Waals surface area contributed by atoms with Crippen molar-refractivity contribution in [1.29, 1.82) is 0 Å². The number of carbonyl (C=O) groups is 2. The second-order valence-corrected chi connectivity index (χ2v) is 7.20. The van der Waals surface area contributed by atoms with Crippen molar-refractivity contribution >= 4 is 23.2 Å². The molecule has 0 fully saturated rings. The summed E-state index contributed by atoms with van der Waals surface area (Å²) in [4.78, 5) is 25.7. The maximum Gasteiger partial charge on any atom is 0.231 e. The summed E-state index contributed by atoms with van der Waals surface area (Å²) in [5.74, 6) is 0.139. The fraction of sp³-hybridized carbons (Fsp3) is 0.429. The number of rotatable bonds is 7. The Morgan fingerprint density at radius 1 is 1.32 bits per heavy atom. The van der Waals surface area contributed by atoms with Crippen LogP contribution in [0.3, 0.4) is 0 Å². The highest BCUT2D eigenvalue weighted by atomic mass is 35.5. The molecule has 1 aromatic rings. The molecule has 0 radical (unpaired) electrons. The zero-order valence-electron chi connectivity index (χ0n) is 16.2. The van der Waals surface area contributed by atoms with Crippen LogP contribution >= 0.6 is 11.6 Å². The molecule has 6 nitrogen and oxygen atoms in total. The Labute approximate surface area is 169 Å². The van der Waals surface area contributed by atoms with Crippen LogP contribution in [0.2, 0.25) is 5.02 Å². The van der Waals surface area contributed by atoms with Gasteiger partial charge in [0.25, 0.3) is 0 Å². The lowest BCUT2D eigenvalue weighted by Gasteiger charge is -2.37. The molecule has 1 heterocycles. The van der Waals surface area contributed by atoms with Crippen LogP contribution in [0.15, 0.2) is 30.6 Å². The SMILES string of the molecule is C=CCCCOC1=CC(=O)C[C@@H](C)[C@]12Oc1c(Cl)c(OC)cc(OC)c1C2=O.